The van der Waals surface area contributed by atoms with Crippen molar-refractivity contribution < 1.29 is 0 Å². The Kier molecular flexibility index (Phi) is 3.89. The number of hydrogen-bond acceptors (Lipinski definition) is 4. The van der Waals surface area contributed by atoms with E-state index in [-0.39, 0.29) is 0 Å². The molecule has 2 aromatic heterocycles. The summed E-state index contributed by atoms with van der Waals surface area (Å²) in [6, 6.07) is 6.08. The van der Waals surface area contributed by atoms with Crippen molar-refractivity contribution in [2.45, 2.75) is 19.9 Å². The van der Waals surface area contributed by atoms with Gasteiger partial charge in [-0.15, -0.1) is 0 Å². The van der Waals surface area contributed by atoms with Gasteiger partial charge in [-0.05, 0) is 25.1 Å². The van der Waals surface area contributed by atoms with Crippen molar-refractivity contribution in [1.82, 2.24) is 14.3 Å². The summed E-state index contributed by atoms with van der Waals surface area (Å²) < 4.78 is 2.10. The van der Waals surface area contributed by atoms with Gasteiger partial charge >= 0.3 is 0 Å². The van der Waals surface area contributed by atoms with E-state index in [0.29, 0.717) is 6.54 Å². The van der Waals surface area contributed by atoms with Gasteiger partial charge in [0.1, 0.15) is 5.65 Å². The molecule has 0 aliphatic carbocycles. The molecule has 0 spiro atoms. The SMILES string of the molecule is CCCN1CCN(c2nc3ccccn3c2CN)CC1. The fraction of sp³-hybridized carbons (Fsp3) is 0.533. The molecule has 0 atom stereocenters. The van der Waals surface area contributed by atoms with Crippen molar-refractivity contribution in [1.29, 1.82) is 0 Å². The highest BCUT2D eigenvalue weighted by Gasteiger charge is 2.21. The lowest BCUT2D eigenvalue weighted by molar-refractivity contribution is 0.258. The minimum atomic E-state index is 0.523. The third-order valence-electron chi connectivity index (χ3n) is 4.01. The summed E-state index contributed by atoms with van der Waals surface area (Å²) in [5.74, 6) is 1.06. The molecule has 1 saturated heterocycles. The average molecular weight is 273 g/mol. The smallest absolute Gasteiger partial charge is 0.152 e. The summed E-state index contributed by atoms with van der Waals surface area (Å²) in [6.07, 6.45) is 3.27. The van der Waals surface area contributed by atoms with Gasteiger partial charge in [0, 0.05) is 38.9 Å². The second-order valence-corrected chi connectivity index (χ2v) is 5.34. The second kappa shape index (κ2) is 5.81. The van der Waals surface area contributed by atoms with E-state index < -0.39 is 0 Å². The molecule has 2 aromatic rings. The molecule has 0 unspecified atom stereocenters. The number of anilines is 1. The summed E-state index contributed by atoms with van der Waals surface area (Å²) in [7, 11) is 0. The zero-order valence-corrected chi connectivity index (χ0v) is 12.1. The molecule has 3 heterocycles. The highest BCUT2D eigenvalue weighted by molar-refractivity contribution is 5.56. The molecule has 0 saturated carbocycles. The van der Waals surface area contributed by atoms with Crippen molar-refractivity contribution in [3.8, 4) is 0 Å². The van der Waals surface area contributed by atoms with Crippen LogP contribution in [0.4, 0.5) is 5.82 Å². The number of fused-ring (bicyclic) bond motifs is 1. The number of hydrogen-bond donors (Lipinski definition) is 1. The summed E-state index contributed by atoms with van der Waals surface area (Å²) in [5.41, 5.74) is 8.05. The van der Waals surface area contributed by atoms with E-state index in [1.807, 2.05) is 24.4 Å². The number of nitrogens with two attached hydrogens (primary N) is 1. The Bertz CT molecular complexity index is 569. The zero-order chi connectivity index (χ0) is 13.9. The maximum absolute atomic E-state index is 5.94. The first-order valence-corrected chi connectivity index (χ1v) is 7.46. The van der Waals surface area contributed by atoms with Gasteiger partial charge in [-0.2, -0.15) is 0 Å². The lowest BCUT2D eigenvalue weighted by atomic mass is 10.2. The number of nitrogens with zero attached hydrogens (tertiary/aromatic N) is 4. The topological polar surface area (TPSA) is 49.8 Å². The Balaban J connectivity index is 1.84. The molecule has 108 valence electrons. The summed E-state index contributed by atoms with van der Waals surface area (Å²) >= 11 is 0. The Morgan fingerprint density at radius 3 is 2.70 bits per heavy atom. The molecule has 0 radical (unpaired) electrons. The lowest BCUT2D eigenvalue weighted by Crippen LogP contribution is -2.47. The van der Waals surface area contributed by atoms with E-state index in [9.17, 15) is 0 Å². The van der Waals surface area contributed by atoms with E-state index in [1.165, 1.54) is 13.0 Å². The number of pyridine rings is 1. The molecule has 0 aromatic carbocycles. The van der Waals surface area contributed by atoms with Crippen molar-refractivity contribution in [2.75, 3.05) is 37.6 Å². The maximum atomic E-state index is 5.94. The minimum absolute atomic E-state index is 0.523. The number of imidazole rings is 1. The van der Waals surface area contributed by atoms with Crippen LogP contribution in [0.2, 0.25) is 0 Å². The van der Waals surface area contributed by atoms with Gasteiger partial charge in [0.25, 0.3) is 0 Å². The number of aromatic nitrogens is 2. The summed E-state index contributed by atoms with van der Waals surface area (Å²) in [5, 5.41) is 0. The Hall–Kier alpha value is -1.59. The number of piperazine rings is 1. The lowest BCUT2D eigenvalue weighted by Gasteiger charge is -2.35. The summed E-state index contributed by atoms with van der Waals surface area (Å²) in [6.45, 7) is 8.27. The first kappa shape index (κ1) is 13.4. The predicted octanol–water partition coefficient (Wildman–Crippen LogP) is 1.32. The van der Waals surface area contributed by atoms with Crippen molar-refractivity contribution in [3.63, 3.8) is 0 Å². The van der Waals surface area contributed by atoms with Gasteiger partial charge in [-0.25, -0.2) is 4.98 Å². The van der Waals surface area contributed by atoms with Crippen molar-refractivity contribution >= 4 is 11.5 Å². The second-order valence-electron chi connectivity index (χ2n) is 5.34. The van der Waals surface area contributed by atoms with Crippen LogP contribution in [0.1, 0.15) is 19.0 Å². The van der Waals surface area contributed by atoms with E-state index in [1.54, 1.807) is 0 Å². The maximum Gasteiger partial charge on any atom is 0.152 e. The van der Waals surface area contributed by atoms with Crippen LogP contribution in [0, 0.1) is 0 Å². The fourth-order valence-electron chi connectivity index (χ4n) is 2.98. The van der Waals surface area contributed by atoms with Crippen LogP contribution in [0.25, 0.3) is 5.65 Å². The standard InChI is InChI=1S/C15H23N5/c1-2-6-18-8-10-19(11-9-18)15-13(12-16)20-7-4-3-5-14(20)17-15/h3-5,7H,2,6,8-12,16H2,1H3. The van der Waals surface area contributed by atoms with E-state index in [2.05, 4.69) is 21.1 Å². The Morgan fingerprint density at radius 2 is 2.00 bits per heavy atom. The monoisotopic (exact) mass is 273 g/mol. The molecule has 0 bridgehead atoms. The van der Waals surface area contributed by atoms with Crippen LogP contribution in [-0.4, -0.2) is 47.0 Å². The van der Waals surface area contributed by atoms with Crippen LogP contribution in [0.5, 0.6) is 0 Å². The Labute approximate surface area is 120 Å². The number of rotatable bonds is 4. The van der Waals surface area contributed by atoms with Crippen LogP contribution >= 0.6 is 0 Å². The molecule has 1 aliphatic heterocycles. The quantitative estimate of drug-likeness (QED) is 0.913. The fourth-order valence-corrected chi connectivity index (χ4v) is 2.98. The Morgan fingerprint density at radius 1 is 1.20 bits per heavy atom. The molecule has 1 aliphatic rings. The van der Waals surface area contributed by atoms with E-state index in [0.717, 1.165) is 43.3 Å². The van der Waals surface area contributed by atoms with Gasteiger partial charge in [0.15, 0.2) is 5.82 Å². The molecule has 2 N–H and O–H groups in total. The highest BCUT2D eigenvalue weighted by Crippen LogP contribution is 2.22. The zero-order valence-electron chi connectivity index (χ0n) is 12.1. The molecule has 1 fully saturated rings. The van der Waals surface area contributed by atoms with E-state index >= 15 is 0 Å². The molecule has 3 rings (SSSR count). The van der Waals surface area contributed by atoms with Crippen LogP contribution in [0.15, 0.2) is 24.4 Å². The highest BCUT2D eigenvalue weighted by atomic mass is 15.3. The first-order chi connectivity index (χ1) is 9.83. The average Bonchev–Trinajstić information content (AvgIpc) is 2.87. The van der Waals surface area contributed by atoms with Crippen molar-refractivity contribution in [2.24, 2.45) is 5.73 Å². The van der Waals surface area contributed by atoms with Gasteiger partial charge in [0.05, 0.1) is 5.69 Å². The first-order valence-electron chi connectivity index (χ1n) is 7.46. The van der Waals surface area contributed by atoms with Crippen LogP contribution in [-0.2, 0) is 6.54 Å². The van der Waals surface area contributed by atoms with E-state index in [4.69, 9.17) is 10.7 Å². The van der Waals surface area contributed by atoms with Gasteiger partial charge in [-0.3, -0.25) is 4.90 Å². The molecular formula is C15H23N5. The van der Waals surface area contributed by atoms with Gasteiger partial charge in [-0.1, -0.05) is 13.0 Å². The normalized spacial score (nSPS) is 17.0. The third-order valence-corrected chi connectivity index (χ3v) is 4.01. The third kappa shape index (κ3) is 2.39. The van der Waals surface area contributed by atoms with Crippen LogP contribution < -0.4 is 10.6 Å². The largest absolute Gasteiger partial charge is 0.352 e. The molecule has 5 nitrogen and oxygen atoms in total. The van der Waals surface area contributed by atoms with Gasteiger partial charge < -0.3 is 15.0 Å². The molecular weight excluding hydrogens is 250 g/mol. The molecule has 5 heteroatoms. The molecule has 20 heavy (non-hydrogen) atoms. The van der Waals surface area contributed by atoms with Crippen LogP contribution in [0.3, 0.4) is 0 Å². The minimum Gasteiger partial charge on any atom is -0.352 e. The summed E-state index contributed by atoms with van der Waals surface area (Å²) in [4.78, 5) is 9.67. The van der Waals surface area contributed by atoms with Crippen molar-refractivity contribution in [3.05, 3.63) is 30.1 Å². The molecule has 0 amide bonds. The van der Waals surface area contributed by atoms with Gasteiger partial charge in [0.2, 0.25) is 0 Å². The predicted molar refractivity (Wildman–Crippen MR) is 82.0 cm³/mol.